The molecular formula is C11H13ClN4. The summed E-state index contributed by atoms with van der Waals surface area (Å²) in [5.41, 5.74) is 0.827. The van der Waals surface area contributed by atoms with Gasteiger partial charge in [-0.1, -0.05) is 11.6 Å². The first-order valence-corrected chi connectivity index (χ1v) is 5.90. The first-order valence-electron chi connectivity index (χ1n) is 5.53. The van der Waals surface area contributed by atoms with E-state index in [2.05, 4.69) is 15.4 Å². The molecular weight excluding hydrogens is 224 g/mol. The highest BCUT2D eigenvalue weighted by atomic mass is 35.5. The minimum absolute atomic E-state index is 0.674. The van der Waals surface area contributed by atoms with Crippen molar-refractivity contribution in [2.24, 2.45) is 5.92 Å². The normalized spacial score (nSPS) is 20.7. The number of rotatable bonds is 2. The Morgan fingerprint density at radius 3 is 3.31 bits per heavy atom. The van der Waals surface area contributed by atoms with E-state index in [-0.39, 0.29) is 0 Å². The summed E-state index contributed by atoms with van der Waals surface area (Å²) in [7, 11) is 0. The highest BCUT2D eigenvalue weighted by Crippen LogP contribution is 2.15. The molecule has 1 unspecified atom stereocenters. The first-order chi connectivity index (χ1) is 7.81. The number of fused-ring (bicyclic) bond motifs is 1. The molecule has 0 aromatic carbocycles. The molecule has 1 aliphatic rings. The second-order valence-corrected chi connectivity index (χ2v) is 4.68. The molecule has 1 fully saturated rings. The van der Waals surface area contributed by atoms with Crippen molar-refractivity contribution >= 4 is 17.2 Å². The summed E-state index contributed by atoms with van der Waals surface area (Å²) < 4.78 is 1.78. The standard InChI is InChI=1S/C11H13ClN4/c12-9-2-4-16-11(6-9)14-10(15-16)5-8-1-3-13-7-8/h2,4,6,8,13H,1,3,5,7H2. The Labute approximate surface area is 98.6 Å². The van der Waals surface area contributed by atoms with Crippen molar-refractivity contribution in [2.75, 3.05) is 13.1 Å². The second-order valence-electron chi connectivity index (χ2n) is 4.24. The molecule has 0 aliphatic carbocycles. The van der Waals surface area contributed by atoms with Gasteiger partial charge in [0.05, 0.1) is 0 Å². The molecule has 1 aliphatic heterocycles. The number of pyridine rings is 1. The average Bonchev–Trinajstić information content (AvgIpc) is 2.86. The molecule has 1 saturated heterocycles. The minimum atomic E-state index is 0.674. The Hall–Kier alpha value is -1.13. The third-order valence-electron chi connectivity index (χ3n) is 2.98. The van der Waals surface area contributed by atoms with E-state index >= 15 is 0 Å². The third-order valence-corrected chi connectivity index (χ3v) is 3.21. The molecule has 3 heterocycles. The molecule has 2 aromatic rings. The smallest absolute Gasteiger partial charge is 0.157 e. The van der Waals surface area contributed by atoms with Crippen LogP contribution >= 0.6 is 11.6 Å². The van der Waals surface area contributed by atoms with Gasteiger partial charge in [-0.3, -0.25) is 0 Å². The summed E-state index contributed by atoms with van der Waals surface area (Å²) in [5, 5.41) is 8.49. The van der Waals surface area contributed by atoms with E-state index in [1.165, 1.54) is 6.42 Å². The maximum absolute atomic E-state index is 5.91. The third kappa shape index (κ3) is 1.90. The molecule has 16 heavy (non-hydrogen) atoms. The van der Waals surface area contributed by atoms with Gasteiger partial charge in [0.2, 0.25) is 0 Å². The summed E-state index contributed by atoms with van der Waals surface area (Å²) in [4.78, 5) is 4.48. The maximum atomic E-state index is 5.91. The van der Waals surface area contributed by atoms with Crippen LogP contribution in [-0.4, -0.2) is 27.7 Å². The van der Waals surface area contributed by atoms with Crippen LogP contribution in [0.2, 0.25) is 5.02 Å². The molecule has 3 rings (SSSR count). The second kappa shape index (κ2) is 4.03. The minimum Gasteiger partial charge on any atom is -0.316 e. The summed E-state index contributed by atoms with van der Waals surface area (Å²) in [6.07, 6.45) is 4.02. The molecule has 0 spiro atoms. The summed E-state index contributed by atoms with van der Waals surface area (Å²) in [6.45, 7) is 2.19. The van der Waals surface area contributed by atoms with Crippen LogP contribution in [0.4, 0.5) is 0 Å². The number of nitrogens with one attached hydrogen (secondary N) is 1. The summed E-state index contributed by atoms with van der Waals surface area (Å²) in [5.74, 6) is 1.59. The number of aromatic nitrogens is 3. The van der Waals surface area contributed by atoms with Crippen LogP contribution in [0, 0.1) is 5.92 Å². The molecule has 0 saturated carbocycles. The molecule has 0 amide bonds. The van der Waals surface area contributed by atoms with Gasteiger partial charge in [0.1, 0.15) is 0 Å². The van der Waals surface area contributed by atoms with Crippen molar-refractivity contribution in [1.29, 1.82) is 0 Å². The van der Waals surface area contributed by atoms with Gasteiger partial charge < -0.3 is 5.32 Å². The number of hydrogen-bond acceptors (Lipinski definition) is 3. The Balaban J connectivity index is 1.86. The van der Waals surface area contributed by atoms with E-state index in [0.29, 0.717) is 10.9 Å². The number of nitrogens with zero attached hydrogens (tertiary/aromatic N) is 3. The van der Waals surface area contributed by atoms with Gasteiger partial charge in [0, 0.05) is 23.7 Å². The average molecular weight is 237 g/mol. The maximum Gasteiger partial charge on any atom is 0.157 e. The largest absolute Gasteiger partial charge is 0.316 e. The molecule has 1 N–H and O–H groups in total. The Kier molecular flexibility index (Phi) is 2.53. The Morgan fingerprint density at radius 2 is 2.50 bits per heavy atom. The SMILES string of the molecule is Clc1ccn2nc(CC3CCNC3)nc2c1. The van der Waals surface area contributed by atoms with Crippen LogP contribution in [0.1, 0.15) is 12.2 Å². The van der Waals surface area contributed by atoms with Crippen LogP contribution in [-0.2, 0) is 6.42 Å². The lowest BCUT2D eigenvalue weighted by Crippen LogP contribution is -2.11. The van der Waals surface area contributed by atoms with E-state index in [1.54, 1.807) is 4.52 Å². The van der Waals surface area contributed by atoms with Crippen LogP contribution < -0.4 is 5.32 Å². The van der Waals surface area contributed by atoms with Crippen molar-refractivity contribution in [3.63, 3.8) is 0 Å². The van der Waals surface area contributed by atoms with Crippen LogP contribution in [0.3, 0.4) is 0 Å². The quantitative estimate of drug-likeness (QED) is 0.860. The van der Waals surface area contributed by atoms with Gasteiger partial charge in [-0.25, -0.2) is 9.50 Å². The lowest BCUT2D eigenvalue weighted by atomic mass is 10.1. The molecule has 0 radical (unpaired) electrons. The van der Waals surface area contributed by atoms with Crippen LogP contribution in [0.5, 0.6) is 0 Å². The van der Waals surface area contributed by atoms with E-state index < -0.39 is 0 Å². The van der Waals surface area contributed by atoms with Gasteiger partial charge in [0.15, 0.2) is 11.5 Å². The predicted octanol–water partition coefficient (Wildman–Crippen LogP) is 1.53. The first kappa shape index (κ1) is 10.1. The van der Waals surface area contributed by atoms with E-state index in [1.807, 2.05) is 18.3 Å². The van der Waals surface area contributed by atoms with E-state index in [0.717, 1.165) is 31.0 Å². The topological polar surface area (TPSA) is 42.2 Å². The van der Waals surface area contributed by atoms with Crippen molar-refractivity contribution in [3.05, 3.63) is 29.2 Å². The fourth-order valence-corrected chi connectivity index (χ4v) is 2.29. The summed E-state index contributed by atoms with van der Waals surface area (Å²) in [6, 6.07) is 3.66. The fraction of sp³-hybridized carbons (Fsp3) is 0.455. The van der Waals surface area contributed by atoms with Crippen molar-refractivity contribution in [1.82, 2.24) is 19.9 Å². The van der Waals surface area contributed by atoms with Crippen molar-refractivity contribution in [2.45, 2.75) is 12.8 Å². The van der Waals surface area contributed by atoms with Crippen LogP contribution in [0.25, 0.3) is 5.65 Å². The zero-order chi connectivity index (χ0) is 11.0. The van der Waals surface area contributed by atoms with Crippen LogP contribution in [0.15, 0.2) is 18.3 Å². The van der Waals surface area contributed by atoms with Gasteiger partial charge in [-0.15, -0.1) is 0 Å². The molecule has 84 valence electrons. The monoisotopic (exact) mass is 236 g/mol. The van der Waals surface area contributed by atoms with E-state index in [9.17, 15) is 0 Å². The zero-order valence-corrected chi connectivity index (χ0v) is 9.61. The lowest BCUT2D eigenvalue weighted by molar-refractivity contribution is 0.561. The lowest BCUT2D eigenvalue weighted by Gasteiger charge is -2.02. The molecule has 0 bridgehead atoms. The fourth-order valence-electron chi connectivity index (χ4n) is 2.14. The zero-order valence-electron chi connectivity index (χ0n) is 8.86. The molecule has 2 aromatic heterocycles. The molecule has 1 atom stereocenters. The van der Waals surface area contributed by atoms with Crippen molar-refractivity contribution in [3.8, 4) is 0 Å². The van der Waals surface area contributed by atoms with E-state index in [4.69, 9.17) is 11.6 Å². The Bertz CT molecular complexity index is 502. The number of halogens is 1. The molecule has 4 nitrogen and oxygen atoms in total. The summed E-state index contributed by atoms with van der Waals surface area (Å²) >= 11 is 5.91. The van der Waals surface area contributed by atoms with Gasteiger partial charge in [-0.2, -0.15) is 5.10 Å². The van der Waals surface area contributed by atoms with Gasteiger partial charge in [0.25, 0.3) is 0 Å². The molecule has 5 heteroatoms. The van der Waals surface area contributed by atoms with Gasteiger partial charge >= 0.3 is 0 Å². The predicted molar refractivity (Wildman–Crippen MR) is 62.7 cm³/mol. The van der Waals surface area contributed by atoms with Gasteiger partial charge in [-0.05, 0) is 31.5 Å². The highest BCUT2D eigenvalue weighted by Gasteiger charge is 2.17. The Morgan fingerprint density at radius 1 is 1.56 bits per heavy atom. The number of hydrogen-bond donors (Lipinski definition) is 1. The highest BCUT2D eigenvalue weighted by molar-refractivity contribution is 6.30. The van der Waals surface area contributed by atoms with Crippen molar-refractivity contribution < 1.29 is 0 Å².